The maximum atomic E-state index is 14.2. The van der Waals surface area contributed by atoms with Crippen LogP contribution < -0.4 is 10.4 Å². The van der Waals surface area contributed by atoms with E-state index in [2.05, 4.69) is 4.98 Å². The number of morpholine rings is 1. The molecule has 1 amide bonds. The molecule has 0 bridgehead atoms. The molecule has 31 heavy (non-hydrogen) atoms. The number of hydrogen-bond donors (Lipinski definition) is 1. The lowest BCUT2D eigenvalue weighted by molar-refractivity contribution is -0.0197. The molecular weight excluding hydrogens is 430 g/mol. The van der Waals surface area contributed by atoms with E-state index >= 15 is 0 Å². The summed E-state index contributed by atoms with van der Waals surface area (Å²) >= 11 is 1.30. The van der Waals surface area contributed by atoms with E-state index < -0.39 is 40.9 Å². The number of nitrogens with zero attached hydrogens (tertiary/aromatic N) is 4. The molecule has 1 aromatic carbocycles. The molecule has 0 radical (unpaired) electrons. The molecule has 0 saturated carbocycles. The van der Waals surface area contributed by atoms with Crippen LogP contribution in [0.5, 0.6) is 5.75 Å². The number of carbonyl (C=O) groups excluding carboxylic acids is 1. The van der Waals surface area contributed by atoms with Crippen molar-refractivity contribution in [2.45, 2.75) is 12.2 Å². The van der Waals surface area contributed by atoms with Crippen LogP contribution in [-0.2, 0) is 4.74 Å². The second kappa shape index (κ2) is 7.43. The molecule has 160 valence electrons. The highest BCUT2D eigenvalue weighted by Crippen LogP contribution is 2.36. The normalized spacial score (nSPS) is 19.2. The van der Waals surface area contributed by atoms with Crippen molar-refractivity contribution >= 4 is 17.2 Å². The molecule has 0 spiro atoms. The van der Waals surface area contributed by atoms with E-state index in [9.17, 15) is 23.5 Å². The van der Waals surface area contributed by atoms with Gasteiger partial charge in [0.15, 0.2) is 23.1 Å². The number of aromatic hydroxyl groups is 1. The summed E-state index contributed by atoms with van der Waals surface area (Å²) in [5.41, 5.74) is -0.502. The van der Waals surface area contributed by atoms with Gasteiger partial charge in [0.25, 0.3) is 5.91 Å². The minimum atomic E-state index is -1.02. The summed E-state index contributed by atoms with van der Waals surface area (Å²) in [5.74, 6) is -3.19. The minimum Gasteiger partial charge on any atom is -0.502 e. The maximum Gasteiger partial charge on any atom is 0.278 e. The molecule has 0 unspecified atom stereocenters. The third-order valence-electron chi connectivity index (χ3n) is 5.38. The van der Waals surface area contributed by atoms with Gasteiger partial charge in [-0.1, -0.05) is 6.07 Å². The number of hydrogen-bond acceptors (Lipinski definition) is 7. The van der Waals surface area contributed by atoms with Crippen LogP contribution in [-0.4, -0.2) is 51.5 Å². The van der Waals surface area contributed by atoms with E-state index in [-0.39, 0.29) is 18.8 Å². The summed E-state index contributed by atoms with van der Waals surface area (Å²) in [6.45, 7) is 0.676. The lowest BCUT2D eigenvalue weighted by atomic mass is 10.0. The Kier molecular flexibility index (Phi) is 4.71. The van der Waals surface area contributed by atoms with Crippen LogP contribution in [0, 0.1) is 11.6 Å². The smallest absolute Gasteiger partial charge is 0.278 e. The van der Waals surface area contributed by atoms with E-state index in [1.165, 1.54) is 33.2 Å². The Bertz CT molecular complexity index is 1220. The second-order valence-corrected chi connectivity index (χ2v) is 8.03. The monoisotopic (exact) mass is 446 g/mol. The number of aromatic nitrogens is 2. The third kappa shape index (κ3) is 3.08. The average Bonchev–Trinajstić information content (AvgIpc) is 3.30. The number of benzene rings is 1. The predicted molar refractivity (Wildman–Crippen MR) is 107 cm³/mol. The number of rotatable bonds is 3. The molecule has 2 aliphatic heterocycles. The van der Waals surface area contributed by atoms with Gasteiger partial charge in [0.2, 0.25) is 5.43 Å². The lowest BCUT2D eigenvalue weighted by Crippen LogP contribution is -2.66. The Morgan fingerprint density at radius 3 is 2.81 bits per heavy atom. The number of halogens is 2. The summed E-state index contributed by atoms with van der Waals surface area (Å²) in [5, 5.41) is 14.4. The van der Waals surface area contributed by atoms with E-state index in [0.717, 1.165) is 18.2 Å². The van der Waals surface area contributed by atoms with Crippen molar-refractivity contribution in [3.05, 3.63) is 80.2 Å². The van der Waals surface area contributed by atoms with Crippen molar-refractivity contribution in [2.24, 2.45) is 0 Å². The summed E-state index contributed by atoms with van der Waals surface area (Å²) in [4.78, 5) is 31.1. The zero-order chi connectivity index (χ0) is 21.7. The molecule has 5 rings (SSSR count). The number of pyridine rings is 1. The maximum absolute atomic E-state index is 14.2. The van der Waals surface area contributed by atoms with Crippen molar-refractivity contribution in [3.63, 3.8) is 0 Å². The van der Waals surface area contributed by atoms with Crippen LogP contribution in [0.3, 0.4) is 0 Å². The van der Waals surface area contributed by atoms with Gasteiger partial charge in [0.1, 0.15) is 17.2 Å². The third-order valence-corrected chi connectivity index (χ3v) is 6.21. The first-order valence-corrected chi connectivity index (χ1v) is 10.3. The standard InChI is InChI=1S/C20H16F2N4O4S/c21-12-2-1-11(9-13(12)22)16(19-23-4-8-31-19)26-15-10-30-7-6-24(15)20(29)17-18(28)14(27)3-5-25(17)26/h1-5,8-9,15-16,28H,6-7,10H2/t15-,16+/m1/s1. The van der Waals surface area contributed by atoms with Gasteiger partial charge >= 0.3 is 0 Å². The van der Waals surface area contributed by atoms with Gasteiger partial charge in [-0.25, -0.2) is 13.8 Å². The molecule has 1 saturated heterocycles. The van der Waals surface area contributed by atoms with Crippen LogP contribution in [0.2, 0.25) is 0 Å². The largest absolute Gasteiger partial charge is 0.502 e. The Labute approximate surface area is 178 Å². The summed E-state index contributed by atoms with van der Waals surface area (Å²) in [7, 11) is 0. The van der Waals surface area contributed by atoms with Gasteiger partial charge in [-0.05, 0) is 17.7 Å². The fraction of sp³-hybridized carbons (Fsp3) is 0.250. The quantitative estimate of drug-likeness (QED) is 0.661. The van der Waals surface area contributed by atoms with Crippen LogP contribution in [0.25, 0.3) is 0 Å². The molecule has 1 N–H and O–H groups in total. The molecular formula is C20H16F2N4O4S. The highest BCUT2D eigenvalue weighted by Gasteiger charge is 2.45. The molecule has 2 atom stereocenters. The molecule has 3 aromatic rings. The first-order chi connectivity index (χ1) is 15.0. The second-order valence-electron chi connectivity index (χ2n) is 7.10. The molecule has 2 aliphatic rings. The van der Waals surface area contributed by atoms with E-state index in [4.69, 9.17) is 4.74 Å². The van der Waals surface area contributed by atoms with Crippen molar-refractivity contribution in [2.75, 3.05) is 24.8 Å². The molecule has 1 fully saturated rings. The van der Waals surface area contributed by atoms with Gasteiger partial charge in [0.05, 0.1) is 13.2 Å². The van der Waals surface area contributed by atoms with E-state index in [0.29, 0.717) is 17.2 Å². The molecule has 2 aromatic heterocycles. The van der Waals surface area contributed by atoms with Gasteiger partial charge in [-0.2, -0.15) is 0 Å². The Hall–Kier alpha value is -3.31. The van der Waals surface area contributed by atoms with Crippen LogP contribution in [0.15, 0.2) is 46.8 Å². The van der Waals surface area contributed by atoms with Gasteiger partial charge < -0.3 is 14.7 Å². The number of ether oxygens (including phenoxy) is 1. The first kappa shape index (κ1) is 19.6. The van der Waals surface area contributed by atoms with Crippen LogP contribution >= 0.6 is 11.3 Å². The number of amides is 1. The van der Waals surface area contributed by atoms with Gasteiger partial charge in [-0.3, -0.25) is 19.3 Å². The Balaban J connectivity index is 1.77. The summed E-state index contributed by atoms with van der Waals surface area (Å²) < 4.78 is 34.8. The van der Waals surface area contributed by atoms with Crippen molar-refractivity contribution in [1.82, 2.24) is 14.6 Å². The van der Waals surface area contributed by atoms with Crippen LogP contribution in [0.1, 0.15) is 27.1 Å². The number of carbonyl (C=O) groups is 1. The average molecular weight is 446 g/mol. The van der Waals surface area contributed by atoms with E-state index in [1.54, 1.807) is 16.6 Å². The highest BCUT2D eigenvalue weighted by atomic mass is 32.1. The fourth-order valence-corrected chi connectivity index (χ4v) is 4.75. The molecule has 0 aliphatic carbocycles. The molecule has 4 heterocycles. The summed E-state index contributed by atoms with van der Waals surface area (Å²) in [6.07, 6.45) is 2.33. The van der Waals surface area contributed by atoms with Crippen LogP contribution in [0.4, 0.5) is 8.78 Å². The zero-order valence-corrected chi connectivity index (χ0v) is 16.8. The summed E-state index contributed by atoms with van der Waals surface area (Å²) in [6, 6.07) is 3.94. The number of fused-ring (bicyclic) bond motifs is 2. The fourth-order valence-electron chi connectivity index (χ4n) is 3.99. The lowest BCUT2D eigenvalue weighted by Gasteiger charge is -2.50. The number of thiazole rings is 1. The van der Waals surface area contributed by atoms with Gasteiger partial charge in [-0.15, -0.1) is 11.3 Å². The molecule has 11 heteroatoms. The van der Waals surface area contributed by atoms with Crippen molar-refractivity contribution < 1.29 is 23.4 Å². The highest BCUT2D eigenvalue weighted by molar-refractivity contribution is 7.09. The Morgan fingerprint density at radius 1 is 1.23 bits per heavy atom. The Morgan fingerprint density at radius 2 is 2.06 bits per heavy atom. The van der Waals surface area contributed by atoms with Crippen molar-refractivity contribution in [3.8, 4) is 5.75 Å². The van der Waals surface area contributed by atoms with E-state index in [1.807, 2.05) is 0 Å². The first-order valence-electron chi connectivity index (χ1n) is 9.43. The SMILES string of the molecule is O=C1c2c(O)c(=O)ccn2N([C@@H](c2ccc(F)c(F)c2)c2nccs2)[C@@H]2COCCN12. The zero-order valence-electron chi connectivity index (χ0n) is 15.9. The van der Waals surface area contributed by atoms with Gasteiger partial charge in [0, 0.05) is 30.4 Å². The molecule has 8 nitrogen and oxygen atoms in total. The topological polar surface area (TPSA) is 87.9 Å². The van der Waals surface area contributed by atoms with Crippen molar-refractivity contribution in [1.29, 1.82) is 0 Å². The minimum absolute atomic E-state index is 0.142. The predicted octanol–water partition coefficient (Wildman–Crippen LogP) is 1.83.